The fourth-order valence-electron chi connectivity index (χ4n) is 3.75. The first-order valence-corrected chi connectivity index (χ1v) is 8.85. The molecule has 2 heterocycles. The molecule has 1 aromatic heterocycles. The third-order valence-corrected chi connectivity index (χ3v) is 5.41. The highest BCUT2D eigenvalue weighted by molar-refractivity contribution is 6.07. The van der Waals surface area contributed by atoms with Crippen molar-refractivity contribution in [2.75, 3.05) is 0 Å². The maximum absolute atomic E-state index is 12.6. The normalized spacial score (nSPS) is 23.8. The quantitative estimate of drug-likeness (QED) is 0.715. The number of aromatic nitrogens is 1. The van der Waals surface area contributed by atoms with E-state index in [1.807, 2.05) is 18.2 Å². The van der Waals surface area contributed by atoms with E-state index in [-0.39, 0.29) is 24.2 Å². The van der Waals surface area contributed by atoms with Gasteiger partial charge in [-0.15, -0.1) is 0 Å². The molecule has 2 aromatic rings. The Morgan fingerprint density at radius 3 is 2.65 bits per heavy atom. The summed E-state index contributed by atoms with van der Waals surface area (Å²) in [7, 11) is 0. The highest BCUT2D eigenvalue weighted by atomic mass is 16.3. The summed E-state index contributed by atoms with van der Waals surface area (Å²) in [5, 5.41) is 16.5. The molecule has 1 saturated carbocycles. The first-order chi connectivity index (χ1) is 12.4. The smallest absolute Gasteiger partial charge is 0.322 e. The molecule has 136 valence electrons. The lowest BCUT2D eigenvalue weighted by atomic mass is 9.88. The first kappa shape index (κ1) is 16.8. The number of imide groups is 1. The van der Waals surface area contributed by atoms with Crippen molar-refractivity contribution < 1.29 is 19.5 Å². The van der Waals surface area contributed by atoms with Crippen LogP contribution in [0.4, 0.5) is 4.79 Å². The third kappa shape index (κ3) is 2.78. The van der Waals surface area contributed by atoms with Gasteiger partial charge in [-0.1, -0.05) is 12.1 Å². The SMILES string of the molecule is CC(O)c1ccc2cn(C(=O)CCC3(C4CC4)NC(=O)NC3=O)cc2c1. The standard InChI is InChI=1S/C19H21N3O4/c1-11(23)12-2-3-13-9-22(10-14(13)8-12)16(24)6-7-19(15-4-5-15)17(25)20-18(26)21-19/h2-3,8-11,15,23H,4-7H2,1H3,(H2,20,21,25,26). The fraction of sp³-hybridized carbons (Fsp3) is 0.421. The number of nitrogens with zero attached hydrogens (tertiary/aromatic N) is 1. The zero-order chi connectivity index (χ0) is 18.5. The molecule has 0 bridgehead atoms. The van der Waals surface area contributed by atoms with E-state index < -0.39 is 17.7 Å². The molecule has 2 aliphatic rings. The maximum atomic E-state index is 12.6. The van der Waals surface area contributed by atoms with Gasteiger partial charge in [-0.3, -0.25) is 19.5 Å². The van der Waals surface area contributed by atoms with E-state index in [1.54, 1.807) is 19.3 Å². The Balaban J connectivity index is 1.52. The Kier molecular flexibility index (Phi) is 3.84. The van der Waals surface area contributed by atoms with E-state index in [1.165, 1.54) is 4.57 Å². The molecule has 3 N–H and O–H groups in total. The highest BCUT2D eigenvalue weighted by Crippen LogP contribution is 2.43. The summed E-state index contributed by atoms with van der Waals surface area (Å²) < 4.78 is 1.52. The minimum absolute atomic E-state index is 0.110. The van der Waals surface area contributed by atoms with Crippen LogP contribution in [0.2, 0.25) is 0 Å². The number of fused-ring (bicyclic) bond motifs is 1. The van der Waals surface area contributed by atoms with E-state index in [2.05, 4.69) is 10.6 Å². The van der Waals surface area contributed by atoms with E-state index in [9.17, 15) is 19.5 Å². The number of aliphatic hydroxyl groups excluding tert-OH is 1. The average Bonchev–Trinajstić information content (AvgIpc) is 3.29. The molecule has 2 fully saturated rings. The van der Waals surface area contributed by atoms with Gasteiger partial charge >= 0.3 is 6.03 Å². The lowest BCUT2D eigenvalue weighted by molar-refractivity contribution is -0.124. The predicted octanol–water partition coefficient (Wildman–Crippen LogP) is 2.10. The van der Waals surface area contributed by atoms with E-state index in [0.717, 1.165) is 29.2 Å². The molecule has 26 heavy (non-hydrogen) atoms. The minimum Gasteiger partial charge on any atom is -0.389 e. The van der Waals surface area contributed by atoms with Crippen LogP contribution in [0.5, 0.6) is 0 Å². The van der Waals surface area contributed by atoms with Crippen molar-refractivity contribution in [3.8, 4) is 0 Å². The molecule has 1 aromatic carbocycles. The molecule has 7 nitrogen and oxygen atoms in total. The topological polar surface area (TPSA) is 100 Å². The third-order valence-electron chi connectivity index (χ3n) is 5.41. The zero-order valence-corrected chi connectivity index (χ0v) is 14.5. The molecule has 0 radical (unpaired) electrons. The number of hydrogen-bond donors (Lipinski definition) is 3. The zero-order valence-electron chi connectivity index (χ0n) is 14.5. The molecule has 3 amide bonds. The molecule has 1 aliphatic carbocycles. The second kappa shape index (κ2) is 5.95. The maximum Gasteiger partial charge on any atom is 0.322 e. The number of nitrogens with one attached hydrogen (secondary N) is 2. The lowest BCUT2D eigenvalue weighted by Crippen LogP contribution is -2.49. The first-order valence-electron chi connectivity index (χ1n) is 8.85. The van der Waals surface area contributed by atoms with Gasteiger partial charge in [0.15, 0.2) is 0 Å². The van der Waals surface area contributed by atoms with Crippen LogP contribution in [-0.2, 0) is 4.79 Å². The van der Waals surface area contributed by atoms with Crippen LogP contribution in [0.25, 0.3) is 10.8 Å². The van der Waals surface area contributed by atoms with Crippen LogP contribution in [0, 0.1) is 5.92 Å². The van der Waals surface area contributed by atoms with Gasteiger partial charge in [0.2, 0.25) is 5.91 Å². The number of carbonyl (C=O) groups excluding carboxylic acids is 3. The molecule has 4 rings (SSSR count). The molecule has 2 unspecified atom stereocenters. The second-order valence-electron chi connectivity index (χ2n) is 7.28. The van der Waals surface area contributed by atoms with Gasteiger partial charge in [0.25, 0.3) is 5.91 Å². The molecular formula is C19H21N3O4. The number of benzene rings is 1. The van der Waals surface area contributed by atoms with Crippen LogP contribution < -0.4 is 10.6 Å². The van der Waals surface area contributed by atoms with Gasteiger partial charge in [-0.05, 0) is 49.1 Å². The lowest BCUT2D eigenvalue weighted by Gasteiger charge is -2.25. The Hall–Kier alpha value is -2.67. The number of rotatable bonds is 5. The van der Waals surface area contributed by atoms with E-state index in [0.29, 0.717) is 6.42 Å². The van der Waals surface area contributed by atoms with Crippen molar-refractivity contribution in [3.05, 3.63) is 36.2 Å². The molecule has 2 atom stereocenters. The number of amides is 3. The van der Waals surface area contributed by atoms with E-state index in [4.69, 9.17) is 0 Å². The van der Waals surface area contributed by atoms with E-state index >= 15 is 0 Å². The van der Waals surface area contributed by atoms with Crippen molar-refractivity contribution in [1.29, 1.82) is 0 Å². The van der Waals surface area contributed by atoms with Gasteiger partial charge in [0, 0.05) is 24.2 Å². The van der Waals surface area contributed by atoms with Crippen molar-refractivity contribution in [3.63, 3.8) is 0 Å². The largest absolute Gasteiger partial charge is 0.389 e. The van der Waals surface area contributed by atoms with Crippen LogP contribution in [0.15, 0.2) is 30.6 Å². The van der Waals surface area contributed by atoms with Crippen LogP contribution in [0.1, 0.15) is 49.1 Å². The number of aliphatic hydroxyl groups is 1. The Bertz CT molecular complexity index is 913. The van der Waals surface area contributed by atoms with Crippen molar-refractivity contribution >= 4 is 28.6 Å². The summed E-state index contributed by atoms with van der Waals surface area (Å²) in [4.78, 5) is 36.4. The minimum atomic E-state index is -0.946. The van der Waals surface area contributed by atoms with Gasteiger partial charge in [-0.25, -0.2) is 4.79 Å². The summed E-state index contributed by atoms with van der Waals surface area (Å²) in [6, 6.07) is 5.09. The summed E-state index contributed by atoms with van der Waals surface area (Å²) in [5.74, 6) is -0.343. The van der Waals surface area contributed by atoms with Gasteiger partial charge in [-0.2, -0.15) is 0 Å². The molecular weight excluding hydrogens is 334 g/mol. The van der Waals surface area contributed by atoms with Crippen LogP contribution >= 0.6 is 0 Å². The Labute approximate surface area is 150 Å². The number of urea groups is 1. The van der Waals surface area contributed by atoms with Gasteiger partial charge in [0.05, 0.1) is 6.10 Å². The fourth-order valence-corrected chi connectivity index (χ4v) is 3.75. The summed E-state index contributed by atoms with van der Waals surface area (Å²) >= 11 is 0. The van der Waals surface area contributed by atoms with Crippen molar-refractivity contribution in [2.24, 2.45) is 5.92 Å². The molecule has 7 heteroatoms. The number of hydrogen-bond acceptors (Lipinski definition) is 4. The Morgan fingerprint density at radius 1 is 1.31 bits per heavy atom. The average molecular weight is 355 g/mol. The highest BCUT2D eigenvalue weighted by Gasteiger charge is 2.55. The summed E-state index contributed by atoms with van der Waals surface area (Å²) in [6.07, 6.45) is 5.15. The summed E-state index contributed by atoms with van der Waals surface area (Å²) in [5.41, 5.74) is -0.153. The van der Waals surface area contributed by atoms with Gasteiger partial charge < -0.3 is 10.4 Å². The predicted molar refractivity (Wildman–Crippen MR) is 94.6 cm³/mol. The monoisotopic (exact) mass is 355 g/mol. The second-order valence-corrected chi connectivity index (χ2v) is 7.28. The Morgan fingerprint density at radius 2 is 2.04 bits per heavy atom. The van der Waals surface area contributed by atoms with Crippen LogP contribution in [-0.4, -0.2) is 33.1 Å². The van der Waals surface area contributed by atoms with Crippen LogP contribution in [0.3, 0.4) is 0 Å². The number of carbonyl (C=O) groups is 3. The molecule has 0 spiro atoms. The molecule has 1 aliphatic heterocycles. The van der Waals surface area contributed by atoms with Crippen molar-refractivity contribution in [2.45, 2.75) is 44.2 Å². The van der Waals surface area contributed by atoms with Crippen molar-refractivity contribution in [1.82, 2.24) is 15.2 Å². The van der Waals surface area contributed by atoms with Gasteiger partial charge in [0.1, 0.15) is 5.54 Å². The molecule has 1 saturated heterocycles. The summed E-state index contributed by atoms with van der Waals surface area (Å²) in [6.45, 7) is 1.70.